The second-order valence-electron chi connectivity index (χ2n) is 4.91. The van der Waals surface area contributed by atoms with Crippen LogP contribution in [-0.4, -0.2) is 21.0 Å². The number of nitrogens with zero attached hydrogens (tertiary/aromatic N) is 2. The first kappa shape index (κ1) is 15.5. The number of hydrogen-bond acceptors (Lipinski definition) is 4. The van der Waals surface area contributed by atoms with Gasteiger partial charge in [-0.2, -0.15) is 0 Å². The van der Waals surface area contributed by atoms with Gasteiger partial charge < -0.3 is 10.8 Å². The minimum atomic E-state index is -1.14. The van der Waals surface area contributed by atoms with Crippen LogP contribution < -0.4 is 5.73 Å². The summed E-state index contributed by atoms with van der Waals surface area (Å²) in [4.78, 5) is 18.8. The van der Waals surface area contributed by atoms with Gasteiger partial charge in [0.1, 0.15) is 12.1 Å². The molecule has 0 fully saturated rings. The predicted octanol–water partition coefficient (Wildman–Crippen LogP) is 2.49. The fraction of sp³-hybridized carbons (Fsp3) is 0.214. The third kappa shape index (κ3) is 3.43. The monoisotopic (exact) mass is 353 g/mol. The van der Waals surface area contributed by atoms with E-state index in [1.165, 1.54) is 18.6 Å². The molecular weight excluding hydrogens is 341 g/mol. The number of carboxylic acid groups (broad SMARTS) is 1. The topological polar surface area (TPSA) is 89.1 Å². The van der Waals surface area contributed by atoms with E-state index in [9.17, 15) is 9.18 Å². The molecule has 0 aliphatic heterocycles. The van der Waals surface area contributed by atoms with Crippen LogP contribution in [0.1, 0.15) is 28.5 Å². The fourth-order valence-corrected chi connectivity index (χ4v) is 2.41. The standard InChI is InChI=1S/C14H13BrFN3O2/c1-14(17,10-4-8(15)2-3-11(10)16)5-12-9(13(20)21)6-18-7-19-12/h2-4,6-7H,5,17H2,1H3,(H,20,21). The normalized spacial score (nSPS) is 13.7. The average Bonchev–Trinajstić information content (AvgIpc) is 2.41. The lowest BCUT2D eigenvalue weighted by Crippen LogP contribution is -2.37. The van der Waals surface area contributed by atoms with Crippen LogP contribution in [0.4, 0.5) is 4.39 Å². The minimum absolute atomic E-state index is 0.0374. The Morgan fingerprint density at radius 3 is 2.90 bits per heavy atom. The number of hydrogen-bond donors (Lipinski definition) is 2. The molecule has 0 amide bonds. The van der Waals surface area contributed by atoms with Gasteiger partial charge in [-0.25, -0.2) is 19.2 Å². The molecule has 0 bridgehead atoms. The van der Waals surface area contributed by atoms with Crippen molar-refractivity contribution in [2.45, 2.75) is 18.9 Å². The summed E-state index contributed by atoms with van der Waals surface area (Å²) in [5.74, 6) is -1.59. The Morgan fingerprint density at radius 1 is 1.52 bits per heavy atom. The Balaban J connectivity index is 2.42. The number of halogens is 2. The zero-order valence-electron chi connectivity index (χ0n) is 11.2. The highest BCUT2D eigenvalue weighted by Crippen LogP contribution is 2.28. The molecule has 0 radical (unpaired) electrons. The number of nitrogens with two attached hydrogens (primary N) is 1. The van der Waals surface area contributed by atoms with Crippen molar-refractivity contribution in [1.82, 2.24) is 9.97 Å². The van der Waals surface area contributed by atoms with E-state index in [4.69, 9.17) is 10.8 Å². The molecule has 2 aromatic rings. The number of benzene rings is 1. The number of rotatable bonds is 4. The molecule has 21 heavy (non-hydrogen) atoms. The number of aromatic nitrogens is 2. The van der Waals surface area contributed by atoms with Crippen LogP contribution in [0, 0.1) is 5.82 Å². The van der Waals surface area contributed by atoms with E-state index in [0.29, 0.717) is 4.47 Å². The largest absolute Gasteiger partial charge is 0.478 e. The smallest absolute Gasteiger partial charge is 0.339 e. The van der Waals surface area contributed by atoms with E-state index < -0.39 is 17.3 Å². The quantitative estimate of drug-likeness (QED) is 0.881. The molecule has 0 aliphatic rings. The van der Waals surface area contributed by atoms with Gasteiger partial charge in [-0.1, -0.05) is 15.9 Å². The average molecular weight is 354 g/mol. The SMILES string of the molecule is CC(N)(Cc1ncncc1C(=O)O)c1cc(Br)ccc1F. The number of carbonyl (C=O) groups is 1. The first-order valence-corrected chi connectivity index (χ1v) is 6.87. The third-order valence-corrected chi connectivity index (χ3v) is 3.60. The summed E-state index contributed by atoms with van der Waals surface area (Å²) in [6, 6.07) is 4.46. The molecule has 0 aliphatic carbocycles. The van der Waals surface area contributed by atoms with Gasteiger partial charge in [0.25, 0.3) is 0 Å². The Labute approximate surface area is 129 Å². The summed E-state index contributed by atoms with van der Waals surface area (Å²) in [6.45, 7) is 1.63. The molecule has 5 nitrogen and oxygen atoms in total. The maximum atomic E-state index is 14.0. The lowest BCUT2D eigenvalue weighted by molar-refractivity contribution is 0.0694. The Morgan fingerprint density at radius 2 is 2.24 bits per heavy atom. The molecule has 1 heterocycles. The maximum Gasteiger partial charge on any atom is 0.339 e. The Kier molecular flexibility index (Phi) is 4.34. The molecule has 3 N–H and O–H groups in total. The van der Waals surface area contributed by atoms with Crippen molar-refractivity contribution in [1.29, 1.82) is 0 Å². The molecule has 1 atom stereocenters. The van der Waals surface area contributed by atoms with E-state index in [0.717, 1.165) is 0 Å². The highest BCUT2D eigenvalue weighted by molar-refractivity contribution is 9.10. The van der Waals surface area contributed by atoms with Gasteiger partial charge in [0.2, 0.25) is 0 Å². The van der Waals surface area contributed by atoms with Crippen molar-refractivity contribution < 1.29 is 14.3 Å². The molecule has 0 spiro atoms. The molecule has 0 saturated heterocycles. The third-order valence-electron chi connectivity index (χ3n) is 3.10. The maximum absolute atomic E-state index is 14.0. The first-order chi connectivity index (χ1) is 9.81. The zero-order valence-corrected chi connectivity index (χ0v) is 12.8. The van der Waals surface area contributed by atoms with Gasteiger partial charge in [-0.05, 0) is 25.1 Å². The van der Waals surface area contributed by atoms with Gasteiger partial charge >= 0.3 is 5.97 Å². The van der Waals surface area contributed by atoms with Crippen LogP contribution in [0.25, 0.3) is 0 Å². The van der Waals surface area contributed by atoms with Gasteiger partial charge in [0.05, 0.1) is 11.3 Å². The zero-order chi connectivity index (χ0) is 15.6. The lowest BCUT2D eigenvalue weighted by Gasteiger charge is -2.26. The van der Waals surface area contributed by atoms with Crippen LogP contribution >= 0.6 is 15.9 Å². The van der Waals surface area contributed by atoms with Crippen molar-refractivity contribution in [3.8, 4) is 0 Å². The summed E-state index contributed by atoms with van der Waals surface area (Å²) in [5.41, 5.74) is 5.60. The molecule has 7 heteroatoms. The fourth-order valence-electron chi connectivity index (χ4n) is 2.05. The van der Waals surface area contributed by atoms with Crippen molar-refractivity contribution in [3.63, 3.8) is 0 Å². The van der Waals surface area contributed by atoms with Crippen molar-refractivity contribution in [3.05, 3.63) is 57.8 Å². The summed E-state index contributed by atoms with van der Waals surface area (Å²) >= 11 is 3.27. The molecular formula is C14H13BrFN3O2. The van der Waals surface area contributed by atoms with Crippen LogP contribution in [0.2, 0.25) is 0 Å². The van der Waals surface area contributed by atoms with Gasteiger partial charge in [-0.15, -0.1) is 0 Å². The van der Waals surface area contributed by atoms with Crippen LogP contribution in [0.15, 0.2) is 35.2 Å². The molecule has 1 aromatic heterocycles. The predicted molar refractivity (Wildman–Crippen MR) is 78.3 cm³/mol. The van der Waals surface area contributed by atoms with E-state index in [1.807, 2.05) is 0 Å². The van der Waals surface area contributed by atoms with Crippen LogP contribution in [-0.2, 0) is 12.0 Å². The van der Waals surface area contributed by atoms with Crippen LogP contribution in [0.3, 0.4) is 0 Å². The van der Waals surface area contributed by atoms with Gasteiger partial charge in [0, 0.05) is 28.2 Å². The highest BCUT2D eigenvalue weighted by Gasteiger charge is 2.28. The number of aromatic carboxylic acids is 1. The first-order valence-electron chi connectivity index (χ1n) is 6.08. The van der Waals surface area contributed by atoms with Gasteiger partial charge in [-0.3, -0.25) is 0 Å². The molecule has 0 saturated carbocycles. The second-order valence-corrected chi connectivity index (χ2v) is 5.82. The van der Waals surface area contributed by atoms with Crippen molar-refractivity contribution >= 4 is 21.9 Å². The lowest BCUT2D eigenvalue weighted by atomic mass is 9.87. The van der Waals surface area contributed by atoms with Crippen molar-refractivity contribution in [2.24, 2.45) is 5.73 Å². The highest BCUT2D eigenvalue weighted by atomic mass is 79.9. The molecule has 1 aromatic carbocycles. The van der Waals surface area contributed by atoms with E-state index >= 15 is 0 Å². The molecule has 110 valence electrons. The summed E-state index contributed by atoms with van der Waals surface area (Å²) in [5, 5.41) is 9.13. The summed E-state index contributed by atoms with van der Waals surface area (Å²) < 4.78 is 14.7. The molecule has 2 rings (SSSR count). The van der Waals surface area contributed by atoms with E-state index in [-0.39, 0.29) is 23.2 Å². The Bertz CT molecular complexity index is 692. The Hall–Kier alpha value is -1.86. The van der Waals surface area contributed by atoms with E-state index in [2.05, 4.69) is 25.9 Å². The molecule has 1 unspecified atom stereocenters. The minimum Gasteiger partial charge on any atom is -0.478 e. The second kappa shape index (κ2) is 5.87. The summed E-state index contributed by atoms with van der Waals surface area (Å²) in [7, 11) is 0. The number of carboxylic acids is 1. The van der Waals surface area contributed by atoms with Crippen LogP contribution in [0.5, 0.6) is 0 Å². The van der Waals surface area contributed by atoms with Crippen molar-refractivity contribution in [2.75, 3.05) is 0 Å². The summed E-state index contributed by atoms with van der Waals surface area (Å²) in [6.07, 6.45) is 2.53. The van der Waals surface area contributed by atoms with Gasteiger partial charge in [0.15, 0.2) is 0 Å². The van der Waals surface area contributed by atoms with E-state index in [1.54, 1.807) is 19.1 Å².